The van der Waals surface area contributed by atoms with Crippen molar-refractivity contribution in [1.29, 1.82) is 0 Å². The molecule has 0 unspecified atom stereocenters. The lowest BCUT2D eigenvalue weighted by atomic mass is 10.3. The molecule has 0 bridgehead atoms. The number of carbonyl (C=O) groups is 1. The Kier molecular flexibility index (Phi) is 5.19. The Morgan fingerprint density at radius 1 is 1.71 bits per heavy atom. The van der Waals surface area contributed by atoms with E-state index in [9.17, 15) is 4.79 Å². The van der Waals surface area contributed by atoms with Gasteiger partial charge in [-0.15, -0.1) is 0 Å². The lowest BCUT2D eigenvalue weighted by molar-refractivity contribution is -0.138. The fourth-order valence-corrected chi connectivity index (χ4v) is 1.23. The zero-order valence-electron chi connectivity index (χ0n) is 9.00. The molecular weight excluding hydrogens is 288 g/mol. The minimum Gasteiger partial charge on any atom is -0.462 e. The van der Waals surface area contributed by atoms with E-state index >= 15 is 0 Å². The van der Waals surface area contributed by atoms with Gasteiger partial charge in [0.1, 0.15) is 5.70 Å². The van der Waals surface area contributed by atoms with E-state index < -0.39 is 5.97 Å². The second-order valence-corrected chi connectivity index (χ2v) is 3.76. The lowest BCUT2D eigenvalue weighted by Gasteiger charge is -2.00. The summed E-state index contributed by atoms with van der Waals surface area (Å²) in [4.78, 5) is 18.0. The smallest absolute Gasteiger partial charge is 0.340 e. The summed E-state index contributed by atoms with van der Waals surface area (Å²) in [5.41, 5.74) is 8.74. The molecule has 0 aliphatic rings. The molecule has 1 aromatic rings. The van der Waals surface area contributed by atoms with Gasteiger partial charge in [-0.3, -0.25) is 4.98 Å². The zero-order chi connectivity index (χ0) is 12.7. The maximum Gasteiger partial charge on any atom is 0.340 e. The summed E-state index contributed by atoms with van der Waals surface area (Å²) in [5.74, 6) is -0.671. The highest BCUT2D eigenvalue weighted by atomic mass is 79.9. The van der Waals surface area contributed by atoms with E-state index in [4.69, 9.17) is 10.3 Å². The molecule has 1 aromatic heterocycles. The molecule has 0 saturated carbocycles. The molecule has 0 fully saturated rings. The molecule has 0 aliphatic heterocycles. The zero-order valence-corrected chi connectivity index (χ0v) is 10.6. The average Bonchev–Trinajstić information content (AvgIpc) is 2.31. The molecule has 88 valence electrons. The Morgan fingerprint density at radius 3 is 3.00 bits per heavy atom. The summed E-state index contributed by atoms with van der Waals surface area (Å²) in [6.45, 7) is 1.88. The third kappa shape index (κ3) is 4.26. The predicted octanol–water partition coefficient (Wildman–Crippen LogP) is 3.06. The largest absolute Gasteiger partial charge is 0.462 e. The van der Waals surface area contributed by atoms with Gasteiger partial charge in [-0.2, -0.15) is 0 Å². The van der Waals surface area contributed by atoms with E-state index in [0.717, 1.165) is 4.47 Å². The highest BCUT2D eigenvalue weighted by molar-refractivity contribution is 9.10. The minimum absolute atomic E-state index is 0.121. The minimum atomic E-state index is -0.671. The van der Waals surface area contributed by atoms with Crippen molar-refractivity contribution in [2.45, 2.75) is 6.92 Å². The van der Waals surface area contributed by atoms with Gasteiger partial charge in [0, 0.05) is 15.6 Å². The highest BCUT2D eigenvalue weighted by Crippen LogP contribution is 2.11. The molecule has 0 aromatic carbocycles. The van der Waals surface area contributed by atoms with Crippen LogP contribution in [0.1, 0.15) is 12.6 Å². The quantitative estimate of drug-likeness (QED) is 0.281. The van der Waals surface area contributed by atoms with Crippen LogP contribution in [0.15, 0.2) is 33.6 Å². The van der Waals surface area contributed by atoms with Crippen molar-refractivity contribution in [1.82, 2.24) is 4.98 Å². The highest BCUT2D eigenvalue weighted by Gasteiger charge is 2.08. The van der Waals surface area contributed by atoms with Crippen molar-refractivity contribution in [3.63, 3.8) is 0 Å². The second-order valence-electron chi connectivity index (χ2n) is 2.84. The van der Waals surface area contributed by atoms with Crippen LogP contribution < -0.4 is 0 Å². The summed E-state index contributed by atoms with van der Waals surface area (Å²) < 4.78 is 5.56. The van der Waals surface area contributed by atoms with Crippen molar-refractivity contribution < 1.29 is 9.53 Å². The fourth-order valence-electron chi connectivity index (χ4n) is 0.995. The van der Waals surface area contributed by atoms with Gasteiger partial charge in [0.2, 0.25) is 0 Å². The third-order valence-corrected chi connectivity index (χ3v) is 2.14. The molecule has 1 rings (SSSR count). The van der Waals surface area contributed by atoms with Gasteiger partial charge < -0.3 is 4.74 Å². The topological polar surface area (TPSA) is 88.0 Å². The number of carbonyl (C=O) groups excluding carboxylic acids is 1. The number of halogens is 1. The predicted molar refractivity (Wildman–Crippen MR) is 65.7 cm³/mol. The summed E-state index contributed by atoms with van der Waals surface area (Å²) in [6.07, 6.45) is 2.94. The standard InChI is InChI=1S/C10H9BrN4O2/c1-2-17-10(16)9(14-15-12)5-8-4-3-7(11)6-13-8/h3-6H,2H2,1H3. The van der Waals surface area contributed by atoms with Gasteiger partial charge in [-0.1, -0.05) is 5.11 Å². The first-order valence-electron chi connectivity index (χ1n) is 4.73. The normalized spacial score (nSPS) is 10.6. The van der Waals surface area contributed by atoms with Crippen LogP contribution in [-0.2, 0) is 9.53 Å². The van der Waals surface area contributed by atoms with E-state index in [1.54, 1.807) is 25.3 Å². The molecule has 0 saturated heterocycles. The fraction of sp³-hybridized carbons (Fsp3) is 0.200. The Balaban J connectivity index is 3.01. The number of azide groups is 1. The molecule has 0 aliphatic carbocycles. The summed E-state index contributed by atoms with van der Waals surface area (Å²) in [5, 5.41) is 3.28. The SMILES string of the molecule is CCOC(=O)C(=Cc1ccc(Br)cn1)N=[N+]=[N-]. The Hall–Kier alpha value is -1.85. The molecule has 7 heteroatoms. The van der Waals surface area contributed by atoms with E-state index in [0.29, 0.717) is 5.69 Å². The van der Waals surface area contributed by atoms with Gasteiger partial charge >= 0.3 is 5.97 Å². The molecule has 17 heavy (non-hydrogen) atoms. The van der Waals surface area contributed by atoms with Gasteiger partial charge in [-0.05, 0) is 46.6 Å². The molecule has 0 radical (unpaired) electrons. The number of aromatic nitrogens is 1. The molecule has 0 amide bonds. The number of pyridine rings is 1. The summed E-state index contributed by atoms with van der Waals surface area (Å²) in [7, 11) is 0. The van der Waals surface area contributed by atoms with Crippen molar-refractivity contribution in [3.8, 4) is 0 Å². The maximum absolute atomic E-state index is 11.4. The number of ether oxygens (including phenoxy) is 1. The Labute approximate surface area is 106 Å². The molecule has 0 spiro atoms. The number of esters is 1. The maximum atomic E-state index is 11.4. The second kappa shape index (κ2) is 6.67. The van der Waals surface area contributed by atoms with Crippen LogP contribution in [0.3, 0.4) is 0 Å². The van der Waals surface area contributed by atoms with E-state index in [2.05, 4.69) is 30.9 Å². The Bertz CT molecular complexity index is 478. The number of nitrogens with zero attached hydrogens (tertiary/aromatic N) is 4. The first kappa shape index (κ1) is 13.2. The lowest BCUT2D eigenvalue weighted by Crippen LogP contribution is -2.05. The number of hydrogen-bond acceptors (Lipinski definition) is 4. The molecule has 1 heterocycles. The molecule has 6 nitrogen and oxygen atoms in total. The molecule has 0 atom stereocenters. The van der Waals surface area contributed by atoms with Crippen LogP contribution >= 0.6 is 15.9 Å². The summed E-state index contributed by atoms with van der Waals surface area (Å²) in [6, 6.07) is 3.44. The van der Waals surface area contributed by atoms with Crippen LogP contribution in [0.25, 0.3) is 16.5 Å². The number of rotatable bonds is 4. The van der Waals surface area contributed by atoms with Gasteiger partial charge in [0.25, 0.3) is 0 Å². The van der Waals surface area contributed by atoms with Gasteiger partial charge in [0.05, 0.1) is 12.3 Å². The monoisotopic (exact) mass is 296 g/mol. The van der Waals surface area contributed by atoms with Gasteiger partial charge in [0.15, 0.2) is 0 Å². The number of hydrogen-bond donors (Lipinski definition) is 0. The van der Waals surface area contributed by atoms with E-state index in [-0.39, 0.29) is 12.3 Å². The third-order valence-electron chi connectivity index (χ3n) is 1.67. The van der Waals surface area contributed by atoms with Gasteiger partial charge in [-0.25, -0.2) is 4.79 Å². The van der Waals surface area contributed by atoms with Crippen LogP contribution in [0, 0.1) is 0 Å². The first-order valence-corrected chi connectivity index (χ1v) is 5.52. The summed E-state index contributed by atoms with van der Waals surface area (Å²) >= 11 is 3.24. The van der Waals surface area contributed by atoms with Crippen LogP contribution in [-0.4, -0.2) is 17.6 Å². The first-order chi connectivity index (χ1) is 8.17. The van der Waals surface area contributed by atoms with Crippen LogP contribution in [0.2, 0.25) is 0 Å². The van der Waals surface area contributed by atoms with Crippen LogP contribution in [0.5, 0.6) is 0 Å². The average molecular weight is 297 g/mol. The van der Waals surface area contributed by atoms with E-state index in [1.807, 2.05) is 0 Å². The van der Waals surface area contributed by atoms with Crippen molar-refractivity contribution in [3.05, 3.63) is 44.6 Å². The van der Waals surface area contributed by atoms with E-state index in [1.165, 1.54) is 6.08 Å². The molecule has 0 N–H and O–H groups in total. The van der Waals surface area contributed by atoms with Crippen molar-refractivity contribution in [2.75, 3.05) is 6.61 Å². The van der Waals surface area contributed by atoms with Crippen molar-refractivity contribution >= 4 is 28.0 Å². The van der Waals surface area contributed by atoms with Crippen LogP contribution in [0.4, 0.5) is 0 Å². The van der Waals surface area contributed by atoms with Crippen molar-refractivity contribution in [2.24, 2.45) is 5.11 Å². The molecular formula is C10H9BrN4O2. The Morgan fingerprint density at radius 2 is 2.47 bits per heavy atom.